The molecule has 0 amide bonds. The Bertz CT molecular complexity index is 1270. The first kappa shape index (κ1) is 18.4. The van der Waals surface area contributed by atoms with Gasteiger partial charge in [0.15, 0.2) is 0 Å². The average Bonchev–Trinajstić information content (AvgIpc) is 2.69. The number of phenols is 2. The van der Waals surface area contributed by atoms with Gasteiger partial charge in [0.25, 0.3) is 0 Å². The van der Waals surface area contributed by atoms with Crippen molar-refractivity contribution in [1.82, 2.24) is 0 Å². The first-order valence-corrected chi connectivity index (χ1v) is 9.53. The van der Waals surface area contributed by atoms with Crippen LogP contribution >= 0.6 is 15.9 Å². The Labute approximate surface area is 171 Å². The van der Waals surface area contributed by atoms with Gasteiger partial charge in [-0.25, -0.2) is 0 Å². The molecular weight excluding hydrogens is 416 g/mol. The van der Waals surface area contributed by atoms with E-state index in [9.17, 15) is 10.2 Å². The van der Waals surface area contributed by atoms with E-state index in [-0.39, 0.29) is 11.5 Å². The van der Waals surface area contributed by atoms with Crippen LogP contribution in [0.15, 0.2) is 65.1 Å². The van der Waals surface area contributed by atoms with E-state index in [1.54, 1.807) is 19.2 Å². The second kappa shape index (κ2) is 7.55. The van der Waals surface area contributed by atoms with Gasteiger partial charge in [0.2, 0.25) is 0 Å². The summed E-state index contributed by atoms with van der Waals surface area (Å²) in [6.07, 6.45) is 0. The average molecular weight is 433 g/mol. The van der Waals surface area contributed by atoms with E-state index in [1.165, 1.54) is 0 Å². The molecule has 4 aromatic rings. The number of methoxy groups -OCH3 is 1. The van der Waals surface area contributed by atoms with Crippen molar-refractivity contribution in [2.24, 2.45) is 0 Å². The fourth-order valence-corrected chi connectivity index (χ4v) is 3.80. The number of aromatic hydroxyl groups is 2. The van der Waals surface area contributed by atoms with Crippen molar-refractivity contribution in [3.63, 3.8) is 0 Å². The fraction of sp³-hybridized carbons (Fsp3) is 0.0833. The maximum absolute atomic E-state index is 10.7. The second-order valence-electron chi connectivity index (χ2n) is 6.46. The van der Waals surface area contributed by atoms with E-state index >= 15 is 0 Å². The van der Waals surface area contributed by atoms with E-state index in [1.807, 2.05) is 48.5 Å². The van der Waals surface area contributed by atoms with Gasteiger partial charge in [-0.1, -0.05) is 52.0 Å². The van der Waals surface area contributed by atoms with Crippen LogP contribution in [0.4, 0.5) is 0 Å². The molecule has 0 aromatic heterocycles. The Kier molecular flexibility index (Phi) is 4.95. The van der Waals surface area contributed by atoms with Crippen LogP contribution in [0.25, 0.3) is 32.7 Å². The van der Waals surface area contributed by atoms with Gasteiger partial charge in [-0.15, -0.1) is 0 Å². The standard InChI is InChI=1S/C24H17BrO3/c1-28-12-2-3-15-4-8-19-16(13-15)5-10-21(26)23(19)24-20-9-7-18(25)14-17(20)6-11-22(24)27/h4-11,13-14,26-27H,12H2,1H3. The van der Waals surface area contributed by atoms with E-state index in [0.29, 0.717) is 17.7 Å². The summed E-state index contributed by atoms with van der Waals surface area (Å²) in [5.74, 6) is 6.26. The van der Waals surface area contributed by atoms with Crippen molar-refractivity contribution in [2.75, 3.05) is 13.7 Å². The minimum Gasteiger partial charge on any atom is -0.507 e. The highest BCUT2D eigenvalue weighted by Gasteiger charge is 2.17. The number of hydrogen-bond donors (Lipinski definition) is 2. The summed E-state index contributed by atoms with van der Waals surface area (Å²) in [6, 6.07) is 18.7. The van der Waals surface area contributed by atoms with Crippen LogP contribution in [-0.4, -0.2) is 23.9 Å². The van der Waals surface area contributed by atoms with Gasteiger partial charge in [-0.3, -0.25) is 0 Å². The Morgan fingerprint density at radius 1 is 0.821 bits per heavy atom. The Morgan fingerprint density at radius 3 is 2.07 bits per heavy atom. The largest absolute Gasteiger partial charge is 0.507 e. The Morgan fingerprint density at radius 2 is 1.43 bits per heavy atom. The van der Waals surface area contributed by atoms with Gasteiger partial charge in [0.1, 0.15) is 18.1 Å². The lowest BCUT2D eigenvalue weighted by Gasteiger charge is -2.14. The van der Waals surface area contributed by atoms with Crippen molar-refractivity contribution < 1.29 is 14.9 Å². The third-order valence-corrected chi connectivity index (χ3v) is 5.15. The van der Waals surface area contributed by atoms with Gasteiger partial charge in [0, 0.05) is 28.3 Å². The summed E-state index contributed by atoms with van der Waals surface area (Å²) < 4.78 is 5.92. The zero-order chi connectivity index (χ0) is 19.7. The third-order valence-electron chi connectivity index (χ3n) is 4.66. The number of halogens is 1. The molecule has 0 aliphatic carbocycles. The first-order valence-electron chi connectivity index (χ1n) is 8.73. The summed E-state index contributed by atoms with van der Waals surface area (Å²) in [4.78, 5) is 0. The van der Waals surface area contributed by atoms with Crippen molar-refractivity contribution in [2.45, 2.75) is 0 Å². The molecule has 3 nitrogen and oxygen atoms in total. The van der Waals surface area contributed by atoms with Crippen LogP contribution in [0.2, 0.25) is 0 Å². The van der Waals surface area contributed by atoms with Crippen LogP contribution in [0.5, 0.6) is 11.5 Å². The molecule has 0 aliphatic rings. The molecule has 0 bridgehead atoms. The first-order chi connectivity index (χ1) is 13.6. The highest BCUT2D eigenvalue weighted by atomic mass is 79.9. The number of hydrogen-bond acceptors (Lipinski definition) is 3. The highest BCUT2D eigenvalue weighted by Crippen LogP contribution is 2.44. The zero-order valence-electron chi connectivity index (χ0n) is 15.2. The molecule has 0 atom stereocenters. The molecule has 4 heteroatoms. The van der Waals surface area contributed by atoms with E-state index < -0.39 is 0 Å². The van der Waals surface area contributed by atoms with Gasteiger partial charge >= 0.3 is 0 Å². The van der Waals surface area contributed by atoms with Crippen molar-refractivity contribution in [3.05, 3.63) is 70.7 Å². The highest BCUT2D eigenvalue weighted by molar-refractivity contribution is 9.10. The molecule has 4 rings (SSSR count). The monoisotopic (exact) mass is 432 g/mol. The fourth-order valence-electron chi connectivity index (χ4n) is 3.42. The van der Waals surface area contributed by atoms with E-state index in [2.05, 4.69) is 27.8 Å². The SMILES string of the molecule is COCC#Cc1ccc2c(-c3c(O)ccc4cc(Br)ccc34)c(O)ccc2c1. The Balaban J connectivity index is 1.99. The normalized spacial score (nSPS) is 10.8. The molecule has 0 unspecified atom stereocenters. The predicted octanol–water partition coefficient (Wildman–Crippen LogP) is 5.83. The summed E-state index contributed by atoms with van der Waals surface area (Å²) in [5.41, 5.74) is 2.10. The van der Waals surface area contributed by atoms with Crippen molar-refractivity contribution in [3.8, 4) is 34.5 Å². The molecular formula is C24H17BrO3. The van der Waals surface area contributed by atoms with Crippen molar-refractivity contribution >= 4 is 37.5 Å². The summed E-state index contributed by atoms with van der Waals surface area (Å²) >= 11 is 3.49. The molecule has 2 N–H and O–H groups in total. The molecule has 28 heavy (non-hydrogen) atoms. The number of rotatable bonds is 2. The molecule has 138 valence electrons. The van der Waals surface area contributed by atoms with Crippen LogP contribution in [-0.2, 0) is 4.74 Å². The Hall–Kier alpha value is -3.00. The number of phenolic OH excluding ortho intramolecular Hbond substituents is 2. The maximum atomic E-state index is 10.7. The minimum atomic E-state index is 0.122. The number of benzene rings is 4. The maximum Gasteiger partial charge on any atom is 0.124 e. The smallest absolute Gasteiger partial charge is 0.124 e. The minimum absolute atomic E-state index is 0.122. The zero-order valence-corrected chi connectivity index (χ0v) is 16.7. The molecule has 0 spiro atoms. The molecule has 0 radical (unpaired) electrons. The molecule has 0 aliphatic heterocycles. The summed E-state index contributed by atoms with van der Waals surface area (Å²) in [6.45, 7) is 0.373. The quantitative estimate of drug-likeness (QED) is 0.391. The van der Waals surface area contributed by atoms with Crippen molar-refractivity contribution in [1.29, 1.82) is 0 Å². The third kappa shape index (κ3) is 3.31. The topological polar surface area (TPSA) is 49.7 Å². The van der Waals surface area contributed by atoms with Crippen LogP contribution < -0.4 is 0 Å². The number of ether oxygens (including phenoxy) is 1. The molecule has 0 saturated carbocycles. The van der Waals surface area contributed by atoms with Crippen LogP contribution in [0, 0.1) is 11.8 Å². The lowest BCUT2D eigenvalue weighted by Crippen LogP contribution is -1.88. The van der Waals surface area contributed by atoms with Gasteiger partial charge in [-0.2, -0.15) is 0 Å². The van der Waals surface area contributed by atoms with Crippen LogP contribution in [0.3, 0.4) is 0 Å². The molecule has 0 heterocycles. The molecule has 0 saturated heterocycles. The molecule has 0 fully saturated rings. The number of fused-ring (bicyclic) bond motifs is 2. The second-order valence-corrected chi connectivity index (χ2v) is 7.37. The lowest BCUT2D eigenvalue weighted by atomic mass is 9.92. The molecule has 4 aromatic carbocycles. The lowest BCUT2D eigenvalue weighted by molar-refractivity contribution is 0.240. The summed E-state index contributed by atoms with van der Waals surface area (Å²) in [5, 5.41) is 25.0. The van der Waals surface area contributed by atoms with Gasteiger partial charge < -0.3 is 14.9 Å². The van der Waals surface area contributed by atoms with Crippen LogP contribution in [0.1, 0.15) is 5.56 Å². The predicted molar refractivity (Wildman–Crippen MR) is 117 cm³/mol. The van der Waals surface area contributed by atoms with Gasteiger partial charge in [0.05, 0.1) is 0 Å². The van der Waals surface area contributed by atoms with Gasteiger partial charge in [-0.05, 0) is 57.9 Å². The summed E-state index contributed by atoms with van der Waals surface area (Å²) in [7, 11) is 1.61. The van der Waals surface area contributed by atoms with E-state index in [4.69, 9.17) is 4.74 Å². The van der Waals surface area contributed by atoms with E-state index in [0.717, 1.165) is 31.6 Å².